The number of nitrogens with one attached hydrogen (secondary N) is 2. The maximum absolute atomic E-state index is 12.4. The SMILES string of the molecule is COc1cc(NC(=O)[C@H]2[C@@H](C(=O)O)C2(C)C)ccc1NC(=O)c1ccco1. The van der Waals surface area contributed by atoms with Crippen LogP contribution in [0.3, 0.4) is 0 Å². The molecule has 3 rings (SSSR count). The van der Waals surface area contributed by atoms with Crippen molar-refractivity contribution < 1.29 is 28.6 Å². The molecule has 0 aliphatic heterocycles. The van der Waals surface area contributed by atoms with Gasteiger partial charge < -0.3 is 24.9 Å². The Morgan fingerprint density at radius 2 is 1.89 bits per heavy atom. The molecule has 1 aromatic carbocycles. The molecule has 142 valence electrons. The summed E-state index contributed by atoms with van der Waals surface area (Å²) in [7, 11) is 1.44. The monoisotopic (exact) mass is 372 g/mol. The molecule has 1 saturated carbocycles. The number of rotatable bonds is 6. The summed E-state index contributed by atoms with van der Waals surface area (Å²) >= 11 is 0. The number of hydrogen-bond acceptors (Lipinski definition) is 5. The lowest BCUT2D eigenvalue weighted by Crippen LogP contribution is -2.18. The molecule has 8 heteroatoms. The third-order valence-electron chi connectivity index (χ3n) is 4.84. The van der Waals surface area contributed by atoms with Crippen molar-refractivity contribution in [1.82, 2.24) is 0 Å². The first kappa shape index (κ1) is 18.5. The van der Waals surface area contributed by atoms with Crippen LogP contribution < -0.4 is 15.4 Å². The molecule has 0 bridgehead atoms. The van der Waals surface area contributed by atoms with Crippen LogP contribution in [0, 0.1) is 17.3 Å². The van der Waals surface area contributed by atoms with Crippen LogP contribution in [0.1, 0.15) is 24.4 Å². The molecular formula is C19H20N2O6. The van der Waals surface area contributed by atoms with Gasteiger partial charge >= 0.3 is 5.97 Å². The highest BCUT2D eigenvalue weighted by Crippen LogP contribution is 2.58. The van der Waals surface area contributed by atoms with Crippen molar-refractivity contribution in [1.29, 1.82) is 0 Å². The largest absolute Gasteiger partial charge is 0.494 e. The molecule has 1 heterocycles. The van der Waals surface area contributed by atoms with Gasteiger partial charge in [-0.2, -0.15) is 0 Å². The molecule has 1 aliphatic rings. The lowest BCUT2D eigenvalue weighted by Gasteiger charge is -2.12. The van der Waals surface area contributed by atoms with Crippen molar-refractivity contribution in [3.8, 4) is 5.75 Å². The van der Waals surface area contributed by atoms with E-state index in [1.807, 2.05) is 0 Å². The van der Waals surface area contributed by atoms with E-state index in [4.69, 9.17) is 9.15 Å². The van der Waals surface area contributed by atoms with Crippen LogP contribution in [-0.2, 0) is 9.59 Å². The van der Waals surface area contributed by atoms with Crippen LogP contribution in [0.2, 0.25) is 0 Å². The Morgan fingerprint density at radius 3 is 2.44 bits per heavy atom. The van der Waals surface area contributed by atoms with E-state index in [2.05, 4.69) is 10.6 Å². The van der Waals surface area contributed by atoms with Gasteiger partial charge in [-0.25, -0.2) is 0 Å². The van der Waals surface area contributed by atoms with Crippen LogP contribution in [0.4, 0.5) is 11.4 Å². The molecule has 3 N–H and O–H groups in total. The number of carboxylic acid groups (broad SMARTS) is 1. The van der Waals surface area contributed by atoms with Gasteiger partial charge in [0.1, 0.15) is 5.75 Å². The van der Waals surface area contributed by atoms with Gasteiger partial charge in [-0.3, -0.25) is 14.4 Å². The van der Waals surface area contributed by atoms with E-state index < -0.39 is 29.1 Å². The van der Waals surface area contributed by atoms with E-state index in [0.717, 1.165) is 0 Å². The highest BCUT2D eigenvalue weighted by atomic mass is 16.5. The summed E-state index contributed by atoms with van der Waals surface area (Å²) in [6.45, 7) is 3.51. The van der Waals surface area contributed by atoms with Crippen molar-refractivity contribution in [2.75, 3.05) is 17.7 Å². The van der Waals surface area contributed by atoms with Crippen molar-refractivity contribution in [3.63, 3.8) is 0 Å². The fraction of sp³-hybridized carbons (Fsp3) is 0.316. The molecule has 0 spiro atoms. The molecule has 2 amide bonds. The van der Waals surface area contributed by atoms with Crippen molar-refractivity contribution in [3.05, 3.63) is 42.4 Å². The smallest absolute Gasteiger partial charge is 0.307 e. The Labute approximate surface area is 155 Å². The number of aliphatic carboxylic acids is 1. The highest BCUT2D eigenvalue weighted by molar-refractivity contribution is 6.04. The summed E-state index contributed by atoms with van der Waals surface area (Å²) in [6.07, 6.45) is 1.40. The van der Waals surface area contributed by atoms with E-state index in [1.165, 1.54) is 19.4 Å². The van der Waals surface area contributed by atoms with Crippen LogP contribution in [-0.4, -0.2) is 30.0 Å². The van der Waals surface area contributed by atoms with E-state index in [0.29, 0.717) is 17.1 Å². The molecule has 0 unspecified atom stereocenters. The molecular weight excluding hydrogens is 352 g/mol. The number of carboxylic acids is 1. The molecule has 2 aromatic rings. The van der Waals surface area contributed by atoms with Crippen LogP contribution in [0.5, 0.6) is 5.75 Å². The summed E-state index contributed by atoms with van der Waals surface area (Å²) in [5.74, 6) is -2.57. The Bertz CT molecular complexity index is 888. The molecule has 27 heavy (non-hydrogen) atoms. The van der Waals surface area contributed by atoms with Gasteiger partial charge in [0.05, 0.1) is 30.9 Å². The van der Waals surface area contributed by atoms with Crippen molar-refractivity contribution in [2.45, 2.75) is 13.8 Å². The second-order valence-corrected chi connectivity index (χ2v) is 6.95. The number of hydrogen-bond donors (Lipinski definition) is 3. The number of amides is 2. The predicted octanol–water partition coefficient (Wildman–Crippen LogP) is 2.84. The number of benzene rings is 1. The quantitative estimate of drug-likeness (QED) is 0.718. The Morgan fingerprint density at radius 1 is 1.15 bits per heavy atom. The summed E-state index contributed by atoms with van der Waals surface area (Å²) in [4.78, 5) is 35.8. The number of methoxy groups -OCH3 is 1. The average molecular weight is 372 g/mol. The first-order valence-corrected chi connectivity index (χ1v) is 8.32. The van der Waals surface area contributed by atoms with Gasteiger partial charge in [-0.05, 0) is 29.7 Å². The summed E-state index contributed by atoms with van der Waals surface area (Å²) in [5.41, 5.74) is 0.267. The van der Waals surface area contributed by atoms with E-state index in [9.17, 15) is 19.5 Å². The molecule has 2 atom stereocenters. The zero-order valence-electron chi connectivity index (χ0n) is 15.1. The standard InChI is InChI=1S/C19H20N2O6/c1-19(2)14(15(19)18(24)25)17(23)20-10-6-7-11(13(9-10)26-3)21-16(22)12-5-4-8-27-12/h4-9,14-15H,1-3H3,(H,20,23)(H,21,22)(H,24,25)/t14-,15+/m1/s1. The number of anilines is 2. The molecule has 0 radical (unpaired) electrons. The zero-order valence-corrected chi connectivity index (χ0v) is 15.1. The minimum atomic E-state index is -0.978. The second-order valence-electron chi connectivity index (χ2n) is 6.95. The first-order chi connectivity index (χ1) is 12.8. The Kier molecular flexibility index (Phi) is 4.65. The lowest BCUT2D eigenvalue weighted by atomic mass is 10.1. The molecule has 0 saturated heterocycles. The van der Waals surface area contributed by atoms with E-state index in [-0.39, 0.29) is 11.7 Å². The van der Waals surface area contributed by atoms with E-state index in [1.54, 1.807) is 38.1 Å². The average Bonchev–Trinajstić information content (AvgIpc) is 2.98. The number of carbonyl (C=O) groups excluding carboxylic acids is 2. The predicted molar refractivity (Wildman–Crippen MR) is 96.7 cm³/mol. The molecule has 1 fully saturated rings. The zero-order chi connectivity index (χ0) is 19.8. The topological polar surface area (TPSA) is 118 Å². The molecule has 1 aliphatic carbocycles. The van der Waals surface area contributed by atoms with Crippen LogP contribution >= 0.6 is 0 Å². The second kappa shape index (κ2) is 6.79. The van der Waals surface area contributed by atoms with Gasteiger partial charge in [0, 0.05) is 11.8 Å². The highest BCUT2D eigenvalue weighted by Gasteiger charge is 2.65. The fourth-order valence-corrected chi connectivity index (χ4v) is 3.27. The maximum Gasteiger partial charge on any atom is 0.307 e. The molecule has 8 nitrogen and oxygen atoms in total. The summed E-state index contributed by atoms with van der Waals surface area (Å²) in [5, 5.41) is 14.6. The third kappa shape index (κ3) is 3.51. The van der Waals surface area contributed by atoms with Gasteiger partial charge in [0.2, 0.25) is 5.91 Å². The van der Waals surface area contributed by atoms with E-state index >= 15 is 0 Å². The van der Waals surface area contributed by atoms with Gasteiger partial charge in [0.15, 0.2) is 5.76 Å². The maximum atomic E-state index is 12.4. The van der Waals surface area contributed by atoms with Crippen LogP contribution in [0.25, 0.3) is 0 Å². The minimum Gasteiger partial charge on any atom is -0.494 e. The molecule has 1 aromatic heterocycles. The van der Waals surface area contributed by atoms with Gasteiger partial charge in [-0.1, -0.05) is 13.8 Å². The van der Waals surface area contributed by atoms with Crippen molar-refractivity contribution >= 4 is 29.2 Å². The minimum absolute atomic E-state index is 0.158. The number of ether oxygens (including phenoxy) is 1. The van der Waals surface area contributed by atoms with Crippen molar-refractivity contribution in [2.24, 2.45) is 17.3 Å². The Hall–Kier alpha value is -3.29. The third-order valence-corrected chi connectivity index (χ3v) is 4.84. The lowest BCUT2D eigenvalue weighted by molar-refractivity contribution is -0.140. The van der Waals surface area contributed by atoms with Gasteiger partial charge in [0.25, 0.3) is 5.91 Å². The first-order valence-electron chi connectivity index (χ1n) is 8.32. The fourth-order valence-electron chi connectivity index (χ4n) is 3.27. The Balaban J connectivity index is 1.72. The number of furan rings is 1. The van der Waals surface area contributed by atoms with Gasteiger partial charge in [-0.15, -0.1) is 0 Å². The summed E-state index contributed by atoms with van der Waals surface area (Å²) < 4.78 is 10.3. The van der Waals surface area contributed by atoms with Crippen LogP contribution in [0.15, 0.2) is 41.0 Å². The number of carbonyl (C=O) groups is 3. The normalized spacial score (nSPS) is 19.8. The summed E-state index contributed by atoms with van der Waals surface area (Å²) in [6, 6.07) is 7.88.